The van der Waals surface area contributed by atoms with Crippen molar-refractivity contribution in [1.82, 2.24) is 0 Å². The summed E-state index contributed by atoms with van der Waals surface area (Å²) in [5.74, 6) is 0.187. The Morgan fingerprint density at radius 1 is 1.23 bits per heavy atom. The van der Waals surface area contributed by atoms with Gasteiger partial charge in [0.15, 0.2) is 0 Å². The number of unbranched alkanes of at least 4 members (excludes halogenated alkanes) is 1. The van der Waals surface area contributed by atoms with Crippen molar-refractivity contribution >= 4 is 11.8 Å². The zero-order valence-corrected chi connectivity index (χ0v) is 17.5. The minimum absolute atomic E-state index is 0.112. The Morgan fingerprint density at radius 3 is 2.73 bits per heavy atom. The molecular formula is C24H32O6. The van der Waals surface area contributed by atoms with Crippen LogP contribution in [0.5, 0.6) is 5.75 Å². The Labute approximate surface area is 178 Å². The van der Waals surface area contributed by atoms with Gasteiger partial charge < -0.3 is 19.7 Å². The molecule has 4 atom stereocenters. The summed E-state index contributed by atoms with van der Waals surface area (Å²) in [4.78, 5) is 22.9. The molecule has 0 spiro atoms. The minimum atomic E-state index is -0.638. The molecule has 1 aromatic carbocycles. The fourth-order valence-corrected chi connectivity index (χ4v) is 3.77. The van der Waals surface area contributed by atoms with Crippen LogP contribution in [-0.4, -0.2) is 40.8 Å². The molecule has 0 radical (unpaired) electrons. The number of carbonyl (C=O) groups is 2. The summed E-state index contributed by atoms with van der Waals surface area (Å²) in [6, 6.07) is 9.32. The fourth-order valence-electron chi connectivity index (χ4n) is 3.77. The quantitative estimate of drug-likeness (QED) is 0.234. The van der Waals surface area contributed by atoms with Crippen LogP contribution in [-0.2, 0) is 14.3 Å². The highest BCUT2D eigenvalue weighted by molar-refractivity contribution is 5.84. The summed E-state index contributed by atoms with van der Waals surface area (Å²) in [5.41, 5.74) is 0. The molecule has 0 heterocycles. The number of carbonyl (C=O) groups excluding carboxylic acids is 2. The molecule has 0 aliphatic heterocycles. The SMILES string of the molecule is CC(=O)O/C=C/C=C/CCC[C@H]1C(=O)C[C@@H](O)[C@@H]1CC[C@@H](O)COc1ccccc1. The highest BCUT2D eigenvalue weighted by atomic mass is 16.5. The molecule has 0 amide bonds. The molecule has 2 rings (SSSR count). The van der Waals surface area contributed by atoms with Gasteiger partial charge in [0.25, 0.3) is 0 Å². The summed E-state index contributed by atoms with van der Waals surface area (Å²) >= 11 is 0. The summed E-state index contributed by atoms with van der Waals surface area (Å²) in [5, 5.41) is 20.5. The lowest BCUT2D eigenvalue weighted by Gasteiger charge is -2.22. The van der Waals surface area contributed by atoms with Gasteiger partial charge in [-0.2, -0.15) is 0 Å². The van der Waals surface area contributed by atoms with Gasteiger partial charge in [0, 0.05) is 19.3 Å². The van der Waals surface area contributed by atoms with Gasteiger partial charge >= 0.3 is 5.97 Å². The molecule has 164 valence electrons. The van der Waals surface area contributed by atoms with Crippen LogP contribution in [0.15, 0.2) is 54.8 Å². The lowest BCUT2D eigenvalue weighted by Crippen LogP contribution is -2.24. The number of esters is 1. The van der Waals surface area contributed by atoms with Gasteiger partial charge in [-0.05, 0) is 56.2 Å². The zero-order valence-electron chi connectivity index (χ0n) is 17.5. The average molecular weight is 417 g/mol. The van der Waals surface area contributed by atoms with Crippen LogP contribution in [0.3, 0.4) is 0 Å². The largest absolute Gasteiger partial charge is 0.491 e. The molecule has 0 bridgehead atoms. The van der Waals surface area contributed by atoms with Gasteiger partial charge in [0.2, 0.25) is 0 Å². The molecule has 6 heteroatoms. The maximum absolute atomic E-state index is 12.3. The highest BCUT2D eigenvalue weighted by Gasteiger charge is 2.40. The Morgan fingerprint density at radius 2 is 2.00 bits per heavy atom. The number of rotatable bonds is 12. The predicted octanol–water partition coefficient (Wildman–Crippen LogP) is 3.58. The van der Waals surface area contributed by atoms with E-state index in [0.29, 0.717) is 18.6 Å². The molecule has 1 aliphatic carbocycles. The normalized spacial score (nSPS) is 22.6. The average Bonchev–Trinajstić information content (AvgIpc) is 2.99. The van der Waals surface area contributed by atoms with Crippen LogP contribution in [0.2, 0.25) is 0 Å². The second-order valence-electron chi connectivity index (χ2n) is 7.66. The maximum Gasteiger partial charge on any atom is 0.307 e. The van der Waals surface area contributed by atoms with E-state index in [1.54, 1.807) is 12.2 Å². The molecule has 2 N–H and O–H groups in total. The second kappa shape index (κ2) is 13.0. The van der Waals surface area contributed by atoms with Gasteiger partial charge in [0.05, 0.1) is 18.5 Å². The van der Waals surface area contributed by atoms with Crippen LogP contribution in [0, 0.1) is 11.8 Å². The highest BCUT2D eigenvalue weighted by Crippen LogP contribution is 2.36. The van der Waals surface area contributed by atoms with Crippen LogP contribution >= 0.6 is 0 Å². The van der Waals surface area contributed by atoms with Crippen molar-refractivity contribution in [1.29, 1.82) is 0 Å². The molecule has 6 nitrogen and oxygen atoms in total. The third kappa shape index (κ3) is 8.51. The molecule has 0 saturated heterocycles. The first-order chi connectivity index (χ1) is 14.5. The summed E-state index contributed by atoms with van der Waals surface area (Å²) in [6.07, 6.45) is 9.09. The number of benzene rings is 1. The van der Waals surface area contributed by atoms with Gasteiger partial charge in [0.1, 0.15) is 18.1 Å². The van der Waals surface area contributed by atoms with Crippen molar-refractivity contribution < 1.29 is 29.3 Å². The monoisotopic (exact) mass is 416 g/mol. The van der Waals surface area contributed by atoms with E-state index in [9.17, 15) is 19.8 Å². The Balaban J connectivity index is 1.71. The van der Waals surface area contributed by atoms with E-state index in [4.69, 9.17) is 4.74 Å². The topological polar surface area (TPSA) is 93.1 Å². The van der Waals surface area contributed by atoms with Crippen LogP contribution in [0.25, 0.3) is 0 Å². The maximum atomic E-state index is 12.3. The van der Waals surface area contributed by atoms with Gasteiger partial charge in [-0.15, -0.1) is 0 Å². The zero-order chi connectivity index (χ0) is 21.8. The minimum Gasteiger partial charge on any atom is -0.491 e. The summed E-state index contributed by atoms with van der Waals surface area (Å²) in [7, 11) is 0. The number of ketones is 1. The second-order valence-corrected chi connectivity index (χ2v) is 7.66. The fraction of sp³-hybridized carbons (Fsp3) is 0.500. The Bertz CT molecular complexity index is 712. The first kappa shape index (κ1) is 23.8. The third-order valence-corrected chi connectivity index (χ3v) is 5.30. The summed E-state index contributed by atoms with van der Waals surface area (Å²) in [6.45, 7) is 1.53. The molecule has 1 aliphatic rings. The number of hydrogen-bond donors (Lipinski definition) is 2. The van der Waals surface area contributed by atoms with Gasteiger partial charge in [-0.3, -0.25) is 9.59 Å². The van der Waals surface area contributed by atoms with E-state index in [2.05, 4.69) is 4.74 Å². The summed E-state index contributed by atoms with van der Waals surface area (Å²) < 4.78 is 10.3. The van der Waals surface area contributed by atoms with Crippen LogP contribution in [0.1, 0.15) is 45.4 Å². The predicted molar refractivity (Wildman–Crippen MR) is 114 cm³/mol. The Hall–Kier alpha value is -2.44. The van der Waals surface area contributed by atoms with Crippen molar-refractivity contribution in [2.75, 3.05) is 6.61 Å². The van der Waals surface area contributed by atoms with Crippen molar-refractivity contribution in [2.45, 2.75) is 57.7 Å². The Kier molecular flexibility index (Phi) is 10.3. The van der Waals surface area contributed by atoms with Crippen molar-refractivity contribution in [3.8, 4) is 5.75 Å². The molecule has 1 aromatic rings. The van der Waals surface area contributed by atoms with Crippen LogP contribution in [0.4, 0.5) is 0 Å². The molecular weight excluding hydrogens is 384 g/mol. The number of allylic oxidation sites excluding steroid dienone is 3. The third-order valence-electron chi connectivity index (χ3n) is 5.30. The van der Waals surface area contributed by atoms with Crippen LogP contribution < -0.4 is 4.74 Å². The standard InChI is InChI=1S/C24H32O6/c1-18(25)29-15-9-4-2-3-8-12-21-22(24(28)16-23(21)27)14-13-19(26)17-30-20-10-6-5-7-11-20/h2,4-7,9-11,15,19,21-22,24,26,28H,3,8,12-14,16-17H2,1H3/b4-2+,15-9+/t19-,21-,22-,24-/m1/s1. The molecule has 1 saturated carbocycles. The van der Waals surface area contributed by atoms with E-state index < -0.39 is 12.2 Å². The number of Topliss-reactive ketones (excluding diaryl/α,β-unsaturated/α-hetero) is 1. The lowest BCUT2D eigenvalue weighted by atomic mass is 9.85. The van der Waals surface area contributed by atoms with E-state index in [1.807, 2.05) is 36.4 Å². The number of ether oxygens (including phenoxy) is 2. The van der Waals surface area contributed by atoms with E-state index >= 15 is 0 Å². The van der Waals surface area contributed by atoms with E-state index in [0.717, 1.165) is 19.3 Å². The number of aliphatic hydroxyl groups is 2. The molecule has 30 heavy (non-hydrogen) atoms. The van der Waals surface area contributed by atoms with E-state index in [1.165, 1.54) is 13.2 Å². The van der Waals surface area contributed by atoms with Crippen molar-refractivity contribution in [2.24, 2.45) is 11.8 Å². The molecule has 0 aromatic heterocycles. The molecule has 1 fully saturated rings. The number of para-hydroxylation sites is 1. The molecule has 0 unspecified atom stereocenters. The van der Waals surface area contributed by atoms with E-state index in [-0.39, 0.29) is 36.6 Å². The lowest BCUT2D eigenvalue weighted by molar-refractivity contribution is -0.135. The first-order valence-electron chi connectivity index (χ1n) is 10.5. The van der Waals surface area contributed by atoms with Crippen molar-refractivity contribution in [3.05, 3.63) is 54.8 Å². The van der Waals surface area contributed by atoms with Crippen molar-refractivity contribution in [3.63, 3.8) is 0 Å². The smallest absolute Gasteiger partial charge is 0.307 e. The van der Waals surface area contributed by atoms with Gasteiger partial charge in [-0.1, -0.05) is 30.4 Å². The first-order valence-corrected chi connectivity index (χ1v) is 10.5. The number of hydrogen-bond acceptors (Lipinski definition) is 6. The number of aliphatic hydroxyl groups excluding tert-OH is 2. The van der Waals surface area contributed by atoms with Gasteiger partial charge in [-0.25, -0.2) is 0 Å².